The second kappa shape index (κ2) is 9.60. The third-order valence-electron chi connectivity index (χ3n) is 5.74. The van der Waals surface area contributed by atoms with Crippen LogP contribution in [0.15, 0.2) is 42.6 Å². The Labute approximate surface area is 188 Å². The Kier molecular flexibility index (Phi) is 6.66. The van der Waals surface area contributed by atoms with Crippen LogP contribution in [0.2, 0.25) is 0 Å². The lowest BCUT2D eigenvalue weighted by atomic mass is 9.93. The number of carbonyl (C=O) groups is 1. The first-order chi connectivity index (χ1) is 15.0. The maximum atomic E-state index is 13.0. The van der Waals surface area contributed by atoms with Gasteiger partial charge in [0.25, 0.3) is 5.91 Å². The van der Waals surface area contributed by atoms with E-state index < -0.39 is 0 Å². The van der Waals surface area contributed by atoms with E-state index >= 15 is 0 Å². The van der Waals surface area contributed by atoms with Crippen molar-refractivity contribution in [1.29, 1.82) is 0 Å². The van der Waals surface area contributed by atoms with Gasteiger partial charge in [0, 0.05) is 37.3 Å². The van der Waals surface area contributed by atoms with Gasteiger partial charge in [-0.1, -0.05) is 24.3 Å². The summed E-state index contributed by atoms with van der Waals surface area (Å²) < 4.78 is 5.75. The maximum Gasteiger partial charge on any atom is 0.265 e. The Morgan fingerprint density at radius 1 is 1.23 bits per heavy atom. The molecule has 162 valence electrons. The molecular formula is C25H29N3O2S. The maximum absolute atomic E-state index is 13.0. The third kappa shape index (κ3) is 4.96. The molecule has 0 bridgehead atoms. The van der Waals surface area contributed by atoms with Crippen molar-refractivity contribution in [3.63, 3.8) is 0 Å². The zero-order chi connectivity index (χ0) is 21.8. The molecule has 1 atom stereocenters. The van der Waals surface area contributed by atoms with Gasteiger partial charge in [-0.2, -0.15) is 0 Å². The first-order valence-corrected chi connectivity index (χ1v) is 11.8. The number of aromatic nitrogens is 2. The van der Waals surface area contributed by atoms with Crippen LogP contribution >= 0.6 is 11.3 Å². The van der Waals surface area contributed by atoms with E-state index in [1.807, 2.05) is 50.1 Å². The molecule has 1 aromatic carbocycles. The summed E-state index contributed by atoms with van der Waals surface area (Å²) in [6.45, 7) is 8.05. The zero-order valence-electron chi connectivity index (χ0n) is 18.4. The number of hydrogen-bond donors (Lipinski definition) is 0. The van der Waals surface area contributed by atoms with Crippen LogP contribution in [0.4, 0.5) is 0 Å². The van der Waals surface area contributed by atoms with Gasteiger partial charge in [-0.25, -0.2) is 4.98 Å². The first kappa shape index (κ1) is 21.5. The van der Waals surface area contributed by atoms with E-state index in [0.717, 1.165) is 64.9 Å². The molecule has 0 spiro atoms. The molecule has 1 saturated heterocycles. The van der Waals surface area contributed by atoms with Gasteiger partial charge in [0.1, 0.15) is 10.6 Å². The van der Waals surface area contributed by atoms with Crippen LogP contribution < -0.4 is 4.74 Å². The number of amides is 1. The molecule has 31 heavy (non-hydrogen) atoms. The molecule has 0 N–H and O–H groups in total. The van der Waals surface area contributed by atoms with Gasteiger partial charge in [0.05, 0.1) is 17.3 Å². The summed E-state index contributed by atoms with van der Waals surface area (Å²) in [5.41, 5.74) is 4.24. The third-order valence-corrected chi connectivity index (χ3v) is 6.80. The predicted octanol–water partition coefficient (Wildman–Crippen LogP) is 5.16. The van der Waals surface area contributed by atoms with Crippen molar-refractivity contribution < 1.29 is 9.53 Å². The fraction of sp³-hybridized carbons (Fsp3) is 0.400. The van der Waals surface area contributed by atoms with Crippen LogP contribution in [0.25, 0.3) is 0 Å². The van der Waals surface area contributed by atoms with Crippen molar-refractivity contribution in [1.82, 2.24) is 14.9 Å². The van der Waals surface area contributed by atoms with Gasteiger partial charge in [0.15, 0.2) is 0 Å². The fourth-order valence-electron chi connectivity index (χ4n) is 4.22. The van der Waals surface area contributed by atoms with E-state index in [4.69, 9.17) is 9.72 Å². The number of nitrogens with zero attached hydrogens (tertiary/aromatic N) is 3. The monoisotopic (exact) mass is 435 g/mol. The quantitative estimate of drug-likeness (QED) is 0.536. The van der Waals surface area contributed by atoms with Crippen LogP contribution in [0, 0.1) is 13.8 Å². The number of ether oxygens (including phenoxy) is 1. The standard InChI is InChI=1S/C25H29N3O2S/c1-4-30-23-10-6-5-8-20(23)14-19-11-12-22(26-15-19)21-9-7-13-28(16-21)25(29)24-17(2)27-18(3)31-24/h5-6,8,10-12,15,21H,4,7,9,13-14,16H2,1-3H3. The Morgan fingerprint density at radius 2 is 2.06 bits per heavy atom. The summed E-state index contributed by atoms with van der Waals surface area (Å²) in [6.07, 6.45) is 4.82. The topological polar surface area (TPSA) is 55.3 Å². The summed E-state index contributed by atoms with van der Waals surface area (Å²) in [5.74, 6) is 1.32. The highest BCUT2D eigenvalue weighted by Gasteiger charge is 2.28. The molecule has 0 saturated carbocycles. The molecule has 1 amide bonds. The number of aryl methyl sites for hydroxylation is 2. The van der Waals surface area contributed by atoms with Crippen LogP contribution in [0.1, 0.15) is 62.9 Å². The summed E-state index contributed by atoms with van der Waals surface area (Å²) in [5, 5.41) is 0.942. The van der Waals surface area contributed by atoms with E-state index in [-0.39, 0.29) is 11.8 Å². The molecule has 0 aliphatic carbocycles. The highest BCUT2D eigenvalue weighted by molar-refractivity contribution is 7.13. The lowest BCUT2D eigenvalue weighted by Crippen LogP contribution is -2.39. The average molecular weight is 436 g/mol. The minimum atomic E-state index is 0.108. The fourth-order valence-corrected chi connectivity index (χ4v) is 5.11. The van der Waals surface area contributed by atoms with Crippen molar-refractivity contribution in [3.8, 4) is 5.75 Å². The van der Waals surface area contributed by atoms with Crippen molar-refractivity contribution in [2.24, 2.45) is 0 Å². The molecule has 2 aromatic heterocycles. The van der Waals surface area contributed by atoms with Crippen LogP contribution in [0.3, 0.4) is 0 Å². The summed E-state index contributed by atoms with van der Waals surface area (Å²) in [6, 6.07) is 12.4. The number of piperidine rings is 1. The Morgan fingerprint density at radius 3 is 2.77 bits per heavy atom. The SMILES string of the molecule is CCOc1ccccc1Cc1ccc(C2CCCN(C(=O)c3sc(C)nc3C)C2)nc1. The van der Waals surface area contributed by atoms with Crippen LogP contribution in [-0.2, 0) is 6.42 Å². The zero-order valence-corrected chi connectivity index (χ0v) is 19.2. The molecule has 1 fully saturated rings. The minimum absolute atomic E-state index is 0.108. The highest BCUT2D eigenvalue weighted by Crippen LogP contribution is 2.29. The Bertz CT molecular complexity index is 1050. The van der Waals surface area contributed by atoms with Crippen molar-refractivity contribution >= 4 is 17.2 Å². The molecule has 3 heterocycles. The molecule has 0 radical (unpaired) electrons. The van der Waals surface area contributed by atoms with Crippen molar-refractivity contribution in [2.75, 3.05) is 19.7 Å². The first-order valence-electron chi connectivity index (χ1n) is 10.9. The molecule has 1 aliphatic rings. The van der Waals surface area contributed by atoms with E-state index in [2.05, 4.69) is 23.2 Å². The minimum Gasteiger partial charge on any atom is -0.494 e. The van der Waals surface area contributed by atoms with Gasteiger partial charge >= 0.3 is 0 Å². The summed E-state index contributed by atoms with van der Waals surface area (Å²) >= 11 is 1.49. The molecular weight excluding hydrogens is 406 g/mol. The van der Waals surface area contributed by atoms with Gasteiger partial charge in [-0.3, -0.25) is 9.78 Å². The highest BCUT2D eigenvalue weighted by atomic mass is 32.1. The van der Waals surface area contributed by atoms with E-state index in [9.17, 15) is 4.79 Å². The number of para-hydroxylation sites is 1. The molecule has 5 nitrogen and oxygen atoms in total. The van der Waals surface area contributed by atoms with Gasteiger partial charge < -0.3 is 9.64 Å². The van der Waals surface area contributed by atoms with E-state index in [0.29, 0.717) is 6.61 Å². The number of hydrogen-bond acceptors (Lipinski definition) is 5. The largest absolute Gasteiger partial charge is 0.494 e. The second-order valence-corrected chi connectivity index (χ2v) is 9.25. The lowest BCUT2D eigenvalue weighted by molar-refractivity contribution is 0.0710. The molecule has 4 rings (SSSR count). The summed E-state index contributed by atoms with van der Waals surface area (Å²) in [7, 11) is 0. The van der Waals surface area contributed by atoms with E-state index in [1.54, 1.807) is 0 Å². The second-order valence-electron chi connectivity index (χ2n) is 8.05. The Hall–Kier alpha value is -2.73. The number of thiazole rings is 1. The number of pyridine rings is 1. The van der Waals surface area contributed by atoms with E-state index in [1.165, 1.54) is 16.9 Å². The Balaban J connectivity index is 1.44. The van der Waals surface area contributed by atoms with Gasteiger partial charge in [-0.15, -0.1) is 11.3 Å². The summed E-state index contributed by atoms with van der Waals surface area (Å²) in [4.78, 5) is 25.0. The van der Waals surface area contributed by atoms with Crippen LogP contribution in [0.5, 0.6) is 5.75 Å². The normalized spacial score (nSPS) is 16.4. The predicted molar refractivity (Wildman–Crippen MR) is 124 cm³/mol. The van der Waals surface area contributed by atoms with Crippen LogP contribution in [-0.4, -0.2) is 40.5 Å². The number of carbonyl (C=O) groups excluding carboxylic acids is 1. The number of rotatable bonds is 6. The van der Waals surface area contributed by atoms with Crippen molar-refractivity contribution in [3.05, 3.63) is 75.0 Å². The molecule has 6 heteroatoms. The van der Waals surface area contributed by atoms with Gasteiger partial charge in [0.2, 0.25) is 0 Å². The molecule has 1 aliphatic heterocycles. The van der Waals surface area contributed by atoms with Gasteiger partial charge in [-0.05, 0) is 56.9 Å². The average Bonchev–Trinajstić information content (AvgIpc) is 3.13. The molecule has 3 aromatic rings. The number of benzene rings is 1. The lowest BCUT2D eigenvalue weighted by Gasteiger charge is -2.32. The van der Waals surface area contributed by atoms with Crippen molar-refractivity contribution in [2.45, 2.75) is 46.0 Å². The smallest absolute Gasteiger partial charge is 0.265 e. The molecule has 1 unspecified atom stereocenters. The number of likely N-dealkylation sites (tertiary alicyclic amines) is 1.